The Balaban J connectivity index is 1.75. The molecule has 52 valence electrons. The first-order valence-electron chi connectivity index (χ1n) is 3.10. The molecule has 1 saturated heterocycles. The standard InChI is InChI=1S/C6H10OS2/c7-5-8-3-1-2-6-4-9-6/h5-6H,1-4H2. The van der Waals surface area contributed by atoms with Gasteiger partial charge in [-0.1, -0.05) is 11.8 Å². The van der Waals surface area contributed by atoms with Gasteiger partial charge in [0.15, 0.2) is 5.62 Å². The predicted molar refractivity (Wildman–Crippen MR) is 44.7 cm³/mol. The molecule has 0 aromatic heterocycles. The maximum absolute atomic E-state index is 9.82. The molecule has 0 saturated carbocycles. The van der Waals surface area contributed by atoms with Crippen LogP contribution in [0.1, 0.15) is 12.8 Å². The van der Waals surface area contributed by atoms with Gasteiger partial charge in [0.05, 0.1) is 0 Å². The Morgan fingerprint density at radius 3 is 3.11 bits per heavy atom. The van der Waals surface area contributed by atoms with Crippen LogP contribution in [0, 0.1) is 0 Å². The molecule has 1 aliphatic heterocycles. The van der Waals surface area contributed by atoms with E-state index in [-0.39, 0.29) is 0 Å². The van der Waals surface area contributed by atoms with Crippen LogP contribution in [0.25, 0.3) is 0 Å². The molecule has 0 amide bonds. The van der Waals surface area contributed by atoms with Crippen molar-refractivity contribution in [2.45, 2.75) is 18.1 Å². The van der Waals surface area contributed by atoms with Gasteiger partial charge in [-0.25, -0.2) is 0 Å². The zero-order valence-corrected chi connectivity index (χ0v) is 6.84. The minimum Gasteiger partial charge on any atom is -0.291 e. The van der Waals surface area contributed by atoms with E-state index in [0.29, 0.717) is 0 Å². The second kappa shape index (κ2) is 4.23. The Labute approximate surface area is 64.0 Å². The molecule has 0 bridgehead atoms. The highest BCUT2D eigenvalue weighted by Gasteiger charge is 2.20. The molecule has 1 fully saturated rings. The van der Waals surface area contributed by atoms with Gasteiger partial charge in [0.2, 0.25) is 0 Å². The van der Waals surface area contributed by atoms with E-state index in [1.54, 1.807) is 0 Å². The Hall–Kier alpha value is 0.370. The van der Waals surface area contributed by atoms with Gasteiger partial charge in [-0.2, -0.15) is 11.8 Å². The van der Waals surface area contributed by atoms with Crippen molar-refractivity contribution in [3.63, 3.8) is 0 Å². The molecular formula is C6H10OS2. The van der Waals surface area contributed by atoms with Crippen molar-refractivity contribution in [3.05, 3.63) is 0 Å². The molecule has 1 unspecified atom stereocenters. The molecule has 0 aromatic rings. The van der Waals surface area contributed by atoms with Crippen LogP contribution in [0.2, 0.25) is 0 Å². The average molecular weight is 162 g/mol. The van der Waals surface area contributed by atoms with E-state index in [1.807, 2.05) is 11.8 Å². The molecule has 1 rings (SSSR count). The normalized spacial score (nSPS) is 23.8. The van der Waals surface area contributed by atoms with Crippen molar-refractivity contribution in [2.75, 3.05) is 11.5 Å². The zero-order valence-electron chi connectivity index (χ0n) is 5.21. The van der Waals surface area contributed by atoms with Crippen LogP contribution in [-0.4, -0.2) is 22.4 Å². The molecule has 1 heterocycles. The summed E-state index contributed by atoms with van der Waals surface area (Å²) in [5.41, 5.74) is 0.931. The highest BCUT2D eigenvalue weighted by molar-refractivity contribution is 8.11. The third-order valence-electron chi connectivity index (χ3n) is 1.26. The summed E-state index contributed by atoms with van der Waals surface area (Å²) in [6.45, 7) is 0. The molecule has 1 nitrogen and oxygen atoms in total. The quantitative estimate of drug-likeness (QED) is 0.348. The molecule has 0 aromatic carbocycles. The number of rotatable bonds is 5. The fourth-order valence-corrected chi connectivity index (χ4v) is 1.74. The van der Waals surface area contributed by atoms with Crippen LogP contribution in [0.4, 0.5) is 0 Å². The molecular weight excluding hydrogens is 152 g/mol. The maximum Gasteiger partial charge on any atom is 0.176 e. The summed E-state index contributed by atoms with van der Waals surface area (Å²) >= 11 is 3.42. The molecule has 0 N–H and O–H groups in total. The van der Waals surface area contributed by atoms with Crippen molar-refractivity contribution >= 4 is 29.1 Å². The summed E-state index contributed by atoms with van der Waals surface area (Å²) < 4.78 is 0. The van der Waals surface area contributed by atoms with Gasteiger partial charge in [0.25, 0.3) is 0 Å². The van der Waals surface area contributed by atoms with Gasteiger partial charge in [-0.3, -0.25) is 4.79 Å². The Bertz CT molecular complexity index is 91.1. The summed E-state index contributed by atoms with van der Waals surface area (Å²) in [6, 6.07) is 0. The number of hydrogen-bond acceptors (Lipinski definition) is 3. The van der Waals surface area contributed by atoms with E-state index in [9.17, 15) is 4.79 Å². The van der Waals surface area contributed by atoms with Gasteiger partial charge < -0.3 is 0 Å². The summed E-state index contributed by atoms with van der Waals surface area (Å²) in [7, 11) is 0. The van der Waals surface area contributed by atoms with Crippen molar-refractivity contribution < 1.29 is 4.79 Å². The second-order valence-electron chi connectivity index (χ2n) is 2.06. The number of hydrogen-bond donors (Lipinski definition) is 0. The van der Waals surface area contributed by atoms with Crippen LogP contribution in [0.5, 0.6) is 0 Å². The van der Waals surface area contributed by atoms with Crippen molar-refractivity contribution in [3.8, 4) is 0 Å². The SMILES string of the molecule is O=CSCCCC1CS1. The van der Waals surface area contributed by atoms with E-state index in [2.05, 4.69) is 0 Å². The lowest BCUT2D eigenvalue weighted by molar-refractivity contribution is 0.570. The smallest absolute Gasteiger partial charge is 0.176 e. The van der Waals surface area contributed by atoms with Gasteiger partial charge >= 0.3 is 0 Å². The minimum absolute atomic E-state index is 0.931. The number of carbonyl (C=O) groups excluding carboxylic acids is 1. The monoisotopic (exact) mass is 162 g/mol. The lowest BCUT2D eigenvalue weighted by Crippen LogP contribution is -1.85. The van der Waals surface area contributed by atoms with Gasteiger partial charge in [0, 0.05) is 16.8 Å². The minimum atomic E-state index is 0.931. The van der Waals surface area contributed by atoms with E-state index in [4.69, 9.17) is 0 Å². The van der Waals surface area contributed by atoms with Gasteiger partial charge in [-0.15, -0.1) is 0 Å². The third-order valence-corrected chi connectivity index (χ3v) is 2.96. The number of carbonyl (C=O) groups is 1. The summed E-state index contributed by atoms with van der Waals surface area (Å²) in [5, 5.41) is 0.942. The molecule has 0 spiro atoms. The first kappa shape index (κ1) is 7.48. The van der Waals surface area contributed by atoms with Gasteiger partial charge in [-0.05, 0) is 12.8 Å². The Morgan fingerprint density at radius 2 is 2.56 bits per heavy atom. The van der Waals surface area contributed by atoms with E-state index >= 15 is 0 Å². The number of thioether (sulfide) groups is 2. The molecule has 1 aliphatic rings. The average Bonchev–Trinajstić information content (AvgIpc) is 2.63. The third kappa shape index (κ3) is 3.87. The Kier molecular flexibility index (Phi) is 3.51. The molecule has 0 aliphatic carbocycles. The van der Waals surface area contributed by atoms with Gasteiger partial charge in [0.1, 0.15) is 0 Å². The van der Waals surface area contributed by atoms with Crippen LogP contribution in [0.3, 0.4) is 0 Å². The van der Waals surface area contributed by atoms with E-state index in [1.165, 1.54) is 30.4 Å². The fourth-order valence-electron chi connectivity index (χ4n) is 0.677. The van der Waals surface area contributed by atoms with Crippen molar-refractivity contribution in [1.29, 1.82) is 0 Å². The summed E-state index contributed by atoms with van der Waals surface area (Å²) in [6.07, 6.45) is 2.52. The first-order valence-corrected chi connectivity index (χ1v) is 5.20. The second-order valence-corrected chi connectivity index (χ2v) is 4.33. The van der Waals surface area contributed by atoms with E-state index < -0.39 is 0 Å². The highest BCUT2D eigenvalue weighted by atomic mass is 32.2. The van der Waals surface area contributed by atoms with Crippen molar-refractivity contribution in [2.24, 2.45) is 0 Å². The largest absolute Gasteiger partial charge is 0.291 e. The van der Waals surface area contributed by atoms with Crippen LogP contribution < -0.4 is 0 Å². The van der Waals surface area contributed by atoms with Crippen LogP contribution in [0.15, 0.2) is 0 Å². The lowest BCUT2D eigenvalue weighted by atomic mass is 10.3. The Morgan fingerprint density at radius 1 is 1.78 bits per heavy atom. The summed E-state index contributed by atoms with van der Waals surface area (Å²) in [5.74, 6) is 2.37. The van der Waals surface area contributed by atoms with Crippen molar-refractivity contribution in [1.82, 2.24) is 0 Å². The first-order chi connectivity index (χ1) is 4.43. The molecule has 9 heavy (non-hydrogen) atoms. The molecule has 0 radical (unpaired) electrons. The lowest BCUT2D eigenvalue weighted by Gasteiger charge is -1.91. The topological polar surface area (TPSA) is 17.1 Å². The molecule has 1 atom stereocenters. The van der Waals surface area contributed by atoms with E-state index in [0.717, 1.165) is 16.6 Å². The van der Waals surface area contributed by atoms with Crippen LogP contribution >= 0.6 is 23.5 Å². The predicted octanol–water partition coefficient (Wildman–Crippen LogP) is 1.81. The summed E-state index contributed by atoms with van der Waals surface area (Å²) in [4.78, 5) is 9.82. The molecule has 3 heteroatoms. The fraction of sp³-hybridized carbons (Fsp3) is 0.833. The maximum atomic E-state index is 9.82. The zero-order chi connectivity index (χ0) is 6.53. The highest BCUT2D eigenvalue weighted by Crippen LogP contribution is 2.34. The van der Waals surface area contributed by atoms with Crippen LogP contribution in [-0.2, 0) is 4.79 Å².